The largest absolute Gasteiger partial charge is 0.193 e. The molecule has 0 radical (unpaired) electrons. The van der Waals surface area contributed by atoms with Crippen LogP contribution in [0.1, 0.15) is 25.7 Å². The fourth-order valence-corrected chi connectivity index (χ4v) is 2.90. The molecule has 0 bridgehead atoms. The molecule has 14 heavy (non-hydrogen) atoms. The monoisotopic (exact) mass is 203 g/mol. The zero-order valence-electron chi connectivity index (χ0n) is 8.34. The average Bonchev–Trinajstić information content (AvgIpc) is 2.51. The van der Waals surface area contributed by atoms with Gasteiger partial charge in [0.05, 0.1) is 6.07 Å². The van der Waals surface area contributed by atoms with E-state index >= 15 is 0 Å². The van der Waals surface area contributed by atoms with Gasteiger partial charge >= 0.3 is 0 Å². The van der Waals surface area contributed by atoms with Crippen LogP contribution in [0.2, 0.25) is 0 Å². The molecule has 2 rings (SSSR count). The molecular weight excluding hydrogens is 190 g/mol. The Kier molecular flexibility index (Phi) is 2.79. The summed E-state index contributed by atoms with van der Waals surface area (Å²) >= 11 is 1.84. The first-order valence-corrected chi connectivity index (χ1v) is 6.12. The number of allylic oxidation sites excluding steroid dienone is 6. The summed E-state index contributed by atoms with van der Waals surface area (Å²) < 4.78 is 0. The van der Waals surface area contributed by atoms with Crippen molar-refractivity contribution in [2.75, 3.05) is 6.26 Å². The van der Waals surface area contributed by atoms with Crippen molar-refractivity contribution in [2.24, 2.45) is 0 Å². The molecule has 0 unspecified atom stereocenters. The molecule has 0 aromatic rings. The fraction of sp³-hybridized carbons (Fsp3) is 0.417. The zero-order valence-corrected chi connectivity index (χ0v) is 9.16. The van der Waals surface area contributed by atoms with Gasteiger partial charge in [-0.15, -0.1) is 11.8 Å². The van der Waals surface area contributed by atoms with Crippen molar-refractivity contribution in [3.8, 4) is 6.07 Å². The molecule has 0 aromatic carbocycles. The molecule has 2 aliphatic carbocycles. The van der Waals surface area contributed by atoms with Gasteiger partial charge in [-0.05, 0) is 41.6 Å². The molecule has 1 nitrogen and oxygen atoms in total. The third-order valence-corrected chi connectivity index (χ3v) is 3.80. The van der Waals surface area contributed by atoms with Crippen LogP contribution in [0.5, 0.6) is 0 Å². The second-order valence-electron chi connectivity index (χ2n) is 3.55. The van der Waals surface area contributed by atoms with Gasteiger partial charge < -0.3 is 0 Å². The van der Waals surface area contributed by atoms with Gasteiger partial charge in [0.25, 0.3) is 0 Å². The normalized spacial score (nSPS) is 20.9. The molecule has 0 fully saturated rings. The molecule has 2 heteroatoms. The lowest BCUT2D eigenvalue weighted by atomic mass is 10.0. The summed E-state index contributed by atoms with van der Waals surface area (Å²) in [5, 5.41) is 9.05. The van der Waals surface area contributed by atoms with Crippen LogP contribution in [0.4, 0.5) is 0 Å². The standard InChI is InChI=1S/C12H13NS/c1-14-12-7-6-10-9(8-13)4-2-3-5-11(10)12/h2-3H,4-7H2,1H3. The summed E-state index contributed by atoms with van der Waals surface area (Å²) in [5.41, 5.74) is 3.75. The van der Waals surface area contributed by atoms with Crippen LogP contribution in [0, 0.1) is 11.3 Å². The minimum atomic E-state index is 0.830. The van der Waals surface area contributed by atoms with Crippen molar-refractivity contribution in [3.63, 3.8) is 0 Å². The van der Waals surface area contributed by atoms with E-state index in [9.17, 15) is 0 Å². The van der Waals surface area contributed by atoms with E-state index < -0.39 is 0 Å². The second-order valence-corrected chi connectivity index (χ2v) is 4.46. The summed E-state index contributed by atoms with van der Waals surface area (Å²) in [6.07, 6.45) is 10.5. The molecule has 0 saturated carbocycles. The van der Waals surface area contributed by atoms with E-state index in [-0.39, 0.29) is 0 Å². The summed E-state index contributed by atoms with van der Waals surface area (Å²) in [6.45, 7) is 0. The van der Waals surface area contributed by atoms with Gasteiger partial charge in [-0.3, -0.25) is 0 Å². The number of hydrogen-bond acceptors (Lipinski definition) is 2. The van der Waals surface area contributed by atoms with Gasteiger partial charge in [0.15, 0.2) is 0 Å². The Balaban J connectivity index is 2.48. The number of thioether (sulfide) groups is 1. The van der Waals surface area contributed by atoms with Crippen molar-refractivity contribution in [2.45, 2.75) is 25.7 Å². The third kappa shape index (κ3) is 1.53. The van der Waals surface area contributed by atoms with Crippen LogP contribution in [-0.4, -0.2) is 6.26 Å². The Morgan fingerprint density at radius 3 is 2.71 bits per heavy atom. The molecule has 0 heterocycles. The quantitative estimate of drug-likeness (QED) is 0.608. The molecule has 0 aliphatic heterocycles. The van der Waals surface area contributed by atoms with Crippen molar-refractivity contribution >= 4 is 11.8 Å². The molecular formula is C12H13NS. The number of nitrogens with zero attached hydrogens (tertiary/aromatic N) is 1. The minimum absolute atomic E-state index is 0.830. The van der Waals surface area contributed by atoms with Gasteiger partial charge in [-0.1, -0.05) is 12.2 Å². The maximum Gasteiger partial charge on any atom is 0.0953 e. The highest BCUT2D eigenvalue weighted by Gasteiger charge is 2.22. The smallest absolute Gasteiger partial charge is 0.0953 e. The topological polar surface area (TPSA) is 23.8 Å². The molecule has 72 valence electrons. The molecule has 0 N–H and O–H groups in total. The molecule has 0 atom stereocenters. The van der Waals surface area contributed by atoms with E-state index in [0.29, 0.717) is 0 Å². The predicted molar refractivity (Wildman–Crippen MR) is 60.8 cm³/mol. The summed E-state index contributed by atoms with van der Waals surface area (Å²) in [6, 6.07) is 2.34. The highest BCUT2D eigenvalue weighted by atomic mass is 32.2. The van der Waals surface area contributed by atoms with Gasteiger partial charge in [-0.2, -0.15) is 5.26 Å². The van der Waals surface area contributed by atoms with Crippen LogP contribution >= 0.6 is 11.8 Å². The maximum absolute atomic E-state index is 9.05. The van der Waals surface area contributed by atoms with Crippen LogP contribution in [0.3, 0.4) is 0 Å². The van der Waals surface area contributed by atoms with Crippen molar-refractivity contribution in [1.29, 1.82) is 5.26 Å². The van der Waals surface area contributed by atoms with E-state index in [0.717, 1.165) is 31.3 Å². The first-order valence-electron chi connectivity index (χ1n) is 4.90. The molecule has 0 spiro atoms. The number of hydrogen-bond donors (Lipinski definition) is 0. The van der Waals surface area contributed by atoms with Crippen molar-refractivity contribution < 1.29 is 0 Å². The summed E-state index contributed by atoms with van der Waals surface area (Å²) in [5.74, 6) is 0. The Morgan fingerprint density at radius 1 is 1.21 bits per heavy atom. The van der Waals surface area contributed by atoms with Crippen LogP contribution in [0.15, 0.2) is 33.8 Å². The number of nitriles is 1. The second kappa shape index (κ2) is 4.06. The van der Waals surface area contributed by atoms with E-state index in [4.69, 9.17) is 5.26 Å². The van der Waals surface area contributed by atoms with Gasteiger partial charge in [0, 0.05) is 12.0 Å². The van der Waals surface area contributed by atoms with Crippen molar-refractivity contribution in [3.05, 3.63) is 33.8 Å². The highest BCUT2D eigenvalue weighted by Crippen LogP contribution is 2.41. The SMILES string of the molecule is CSC1=C2CC=CCC(C#N)=C2CC1. The molecule has 0 aromatic heterocycles. The van der Waals surface area contributed by atoms with E-state index in [1.165, 1.54) is 16.1 Å². The number of rotatable bonds is 1. The number of fused-ring (bicyclic) bond motifs is 1. The first kappa shape index (κ1) is 9.61. The van der Waals surface area contributed by atoms with E-state index in [2.05, 4.69) is 24.5 Å². The first-order chi connectivity index (χ1) is 6.86. The van der Waals surface area contributed by atoms with E-state index in [1.54, 1.807) is 0 Å². The minimum Gasteiger partial charge on any atom is -0.193 e. The summed E-state index contributed by atoms with van der Waals surface area (Å²) in [7, 11) is 0. The Morgan fingerprint density at radius 2 is 2.00 bits per heavy atom. The fourth-order valence-electron chi connectivity index (χ4n) is 2.14. The Labute approximate surface area is 89.2 Å². The summed E-state index contributed by atoms with van der Waals surface area (Å²) in [4.78, 5) is 1.49. The lowest BCUT2D eigenvalue weighted by molar-refractivity contribution is 1.02. The predicted octanol–water partition coefficient (Wildman–Crippen LogP) is 3.57. The maximum atomic E-state index is 9.05. The zero-order chi connectivity index (χ0) is 9.97. The van der Waals surface area contributed by atoms with Gasteiger partial charge in [0.2, 0.25) is 0 Å². The lowest BCUT2D eigenvalue weighted by Gasteiger charge is -2.04. The van der Waals surface area contributed by atoms with Crippen LogP contribution < -0.4 is 0 Å². The Bertz CT molecular complexity index is 380. The van der Waals surface area contributed by atoms with Gasteiger partial charge in [0.1, 0.15) is 0 Å². The van der Waals surface area contributed by atoms with E-state index in [1.807, 2.05) is 11.8 Å². The van der Waals surface area contributed by atoms with Crippen LogP contribution in [-0.2, 0) is 0 Å². The lowest BCUT2D eigenvalue weighted by Crippen LogP contribution is -1.87. The molecule has 0 amide bonds. The van der Waals surface area contributed by atoms with Crippen molar-refractivity contribution in [1.82, 2.24) is 0 Å². The molecule has 0 saturated heterocycles. The van der Waals surface area contributed by atoms with Gasteiger partial charge in [-0.25, -0.2) is 0 Å². The molecule has 2 aliphatic rings. The third-order valence-electron chi connectivity index (χ3n) is 2.86. The average molecular weight is 203 g/mol. The highest BCUT2D eigenvalue weighted by molar-refractivity contribution is 8.02. The van der Waals surface area contributed by atoms with Crippen LogP contribution in [0.25, 0.3) is 0 Å². The Hall–Kier alpha value is -0.940.